The Hall–Kier alpha value is -2.40. The Kier molecular flexibility index (Phi) is 6.82. The van der Waals surface area contributed by atoms with Crippen molar-refractivity contribution in [2.45, 2.75) is 12.8 Å². The Morgan fingerprint density at radius 1 is 1.04 bits per heavy atom. The van der Waals surface area contributed by atoms with Gasteiger partial charge in [-0.05, 0) is 48.9 Å². The second kappa shape index (κ2) is 9.51. The van der Waals surface area contributed by atoms with Gasteiger partial charge in [-0.1, -0.05) is 17.7 Å². The van der Waals surface area contributed by atoms with Crippen LogP contribution in [-0.4, -0.2) is 50.7 Å². The van der Waals surface area contributed by atoms with Gasteiger partial charge in [0.15, 0.2) is 0 Å². The summed E-state index contributed by atoms with van der Waals surface area (Å²) in [7, 11) is 1.67. The molecule has 0 aliphatic carbocycles. The quantitative estimate of drug-likeness (QED) is 0.753. The van der Waals surface area contributed by atoms with Gasteiger partial charge in [-0.25, -0.2) is 0 Å². The highest BCUT2D eigenvalue weighted by atomic mass is 35.5. The number of benzene rings is 2. The molecule has 1 amide bonds. The van der Waals surface area contributed by atoms with Gasteiger partial charge in [-0.15, -0.1) is 0 Å². The fourth-order valence-electron chi connectivity index (χ4n) is 3.19. The molecule has 27 heavy (non-hydrogen) atoms. The number of hydrogen-bond donors (Lipinski definition) is 0. The van der Waals surface area contributed by atoms with Crippen LogP contribution in [0.1, 0.15) is 12.8 Å². The van der Waals surface area contributed by atoms with Crippen LogP contribution in [0.3, 0.4) is 0 Å². The molecule has 2 aromatic carbocycles. The molecule has 1 saturated heterocycles. The molecule has 6 heteroatoms. The summed E-state index contributed by atoms with van der Waals surface area (Å²) < 4.78 is 10.9. The van der Waals surface area contributed by atoms with Crippen molar-refractivity contribution < 1.29 is 14.3 Å². The molecule has 0 unspecified atom stereocenters. The first-order valence-electron chi connectivity index (χ1n) is 9.21. The molecular formula is C21H25ClN2O3. The highest BCUT2D eigenvalue weighted by Crippen LogP contribution is 2.21. The molecule has 3 rings (SSSR count). The summed E-state index contributed by atoms with van der Waals surface area (Å²) in [4.78, 5) is 16.8. The van der Waals surface area contributed by atoms with E-state index in [1.807, 2.05) is 29.2 Å². The minimum absolute atomic E-state index is 0.133. The Morgan fingerprint density at radius 3 is 2.59 bits per heavy atom. The monoisotopic (exact) mass is 388 g/mol. The maximum atomic E-state index is 12.5. The molecule has 1 aliphatic heterocycles. The molecule has 0 radical (unpaired) electrons. The van der Waals surface area contributed by atoms with E-state index >= 15 is 0 Å². The standard InChI is InChI=1S/C21H25ClN2O3/c1-26-19-8-6-18(7-9-19)23-11-3-12-24(14-13-23)21(25)10-15-27-20-5-2-4-17(22)16-20/h2,4-9,16H,3,10-15H2,1H3. The van der Waals surface area contributed by atoms with Crippen molar-refractivity contribution in [2.24, 2.45) is 0 Å². The summed E-state index contributed by atoms with van der Waals surface area (Å²) in [6, 6.07) is 15.3. The lowest BCUT2D eigenvalue weighted by molar-refractivity contribution is -0.131. The minimum Gasteiger partial charge on any atom is -0.497 e. The SMILES string of the molecule is COc1ccc(N2CCCN(C(=O)CCOc3cccc(Cl)c3)CC2)cc1. The molecule has 5 nitrogen and oxygen atoms in total. The highest BCUT2D eigenvalue weighted by molar-refractivity contribution is 6.30. The van der Waals surface area contributed by atoms with E-state index in [-0.39, 0.29) is 5.91 Å². The van der Waals surface area contributed by atoms with Crippen molar-refractivity contribution in [1.82, 2.24) is 4.90 Å². The third-order valence-corrected chi connectivity index (χ3v) is 4.90. The van der Waals surface area contributed by atoms with Gasteiger partial charge in [-0.2, -0.15) is 0 Å². The van der Waals surface area contributed by atoms with Gasteiger partial charge >= 0.3 is 0 Å². The van der Waals surface area contributed by atoms with Crippen LogP contribution in [0.4, 0.5) is 5.69 Å². The second-order valence-electron chi connectivity index (χ2n) is 6.48. The smallest absolute Gasteiger partial charge is 0.226 e. The summed E-state index contributed by atoms with van der Waals surface area (Å²) in [6.07, 6.45) is 1.32. The molecule has 1 aliphatic rings. The Balaban J connectivity index is 1.47. The van der Waals surface area contributed by atoms with Crippen molar-refractivity contribution in [3.05, 3.63) is 53.6 Å². The Morgan fingerprint density at radius 2 is 1.85 bits per heavy atom. The number of halogens is 1. The summed E-state index contributed by atoms with van der Waals surface area (Å²) in [6.45, 7) is 3.63. The zero-order chi connectivity index (χ0) is 19.1. The number of amides is 1. The van der Waals surface area contributed by atoms with Crippen LogP contribution in [-0.2, 0) is 4.79 Å². The molecule has 1 fully saturated rings. The average molecular weight is 389 g/mol. The summed E-state index contributed by atoms with van der Waals surface area (Å²) in [5, 5.41) is 0.630. The number of rotatable bonds is 6. The van der Waals surface area contributed by atoms with Gasteiger partial charge in [0.1, 0.15) is 11.5 Å². The topological polar surface area (TPSA) is 42.0 Å². The van der Waals surface area contributed by atoms with E-state index in [0.717, 1.165) is 44.0 Å². The van der Waals surface area contributed by atoms with Crippen LogP contribution in [0.15, 0.2) is 48.5 Å². The number of carbonyl (C=O) groups is 1. The molecule has 0 spiro atoms. The van der Waals surface area contributed by atoms with Crippen molar-refractivity contribution in [3.63, 3.8) is 0 Å². The van der Waals surface area contributed by atoms with Crippen LogP contribution < -0.4 is 14.4 Å². The van der Waals surface area contributed by atoms with E-state index in [2.05, 4.69) is 17.0 Å². The number of anilines is 1. The number of carbonyl (C=O) groups excluding carboxylic acids is 1. The molecule has 0 N–H and O–H groups in total. The van der Waals surface area contributed by atoms with Crippen molar-refractivity contribution in [2.75, 3.05) is 44.8 Å². The summed E-state index contributed by atoms with van der Waals surface area (Å²) in [5.74, 6) is 1.68. The number of ether oxygens (including phenoxy) is 2. The van der Waals surface area contributed by atoms with E-state index in [9.17, 15) is 4.79 Å². The summed E-state index contributed by atoms with van der Waals surface area (Å²) >= 11 is 5.94. The van der Waals surface area contributed by atoms with Crippen LogP contribution in [0.5, 0.6) is 11.5 Å². The van der Waals surface area contributed by atoms with Crippen molar-refractivity contribution >= 4 is 23.2 Å². The lowest BCUT2D eigenvalue weighted by atomic mass is 10.2. The normalized spacial score (nSPS) is 14.6. The number of methoxy groups -OCH3 is 1. The third-order valence-electron chi connectivity index (χ3n) is 4.67. The molecular weight excluding hydrogens is 364 g/mol. The fourth-order valence-corrected chi connectivity index (χ4v) is 3.37. The molecule has 0 atom stereocenters. The van der Waals surface area contributed by atoms with Crippen molar-refractivity contribution in [1.29, 1.82) is 0 Å². The lowest BCUT2D eigenvalue weighted by Crippen LogP contribution is -2.35. The fraction of sp³-hybridized carbons (Fsp3) is 0.381. The lowest BCUT2D eigenvalue weighted by Gasteiger charge is -2.24. The predicted octanol–water partition coefficient (Wildman–Crippen LogP) is 3.86. The average Bonchev–Trinajstić information content (AvgIpc) is 2.94. The second-order valence-corrected chi connectivity index (χ2v) is 6.91. The van der Waals surface area contributed by atoms with E-state index in [4.69, 9.17) is 21.1 Å². The van der Waals surface area contributed by atoms with Gasteiger partial charge < -0.3 is 19.3 Å². The maximum Gasteiger partial charge on any atom is 0.226 e. The first kappa shape index (κ1) is 19.4. The van der Waals surface area contributed by atoms with E-state index in [1.165, 1.54) is 0 Å². The van der Waals surface area contributed by atoms with Crippen LogP contribution in [0.2, 0.25) is 5.02 Å². The maximum absolute atomic E-state index is 12.5. The van der Waals surface area contributed by atoms with Gasteiger partial charge in [-0.3, -0.25) is 4.79 Å². The molecule has 2 aromatic rings. The van der Waals surface area contributed by atoms with Crippen LogP contribution in [0.25, 0.3) is 0 Å². The minimum atomic E-state index is 0.133. The number of nitrogens with zero attached hydrogens (tertiary/aromatic N) is 2. The first-order valence-corrected chi connectivity index (χ1v) is 9.58. The van der Waals surface area contributed by atoms with E-state index < -0.39 is 0 Å². The van der Waals surface area contributed by atoms with Crippen LogP contribution in [0, 0.1) is 0 Å². The van der Waals surface area contributed by atoms with Gasteiger partial charge in [0.2, 0.25) is 5.91 Å². The van der Waals surface area contributed by atoms with E-state index in [0.29, 0.717) is 23.8 Å². The molecule has 0 saturated carbocycles. The zero-order valence-electron chi connectivity index (χ0n) is 15.6. The molecule has 144 valence electrons. The van der Waals surface area contributed by atoms with E-state index in [1.54, 1.807) is 19.2 Å². The predicted molar refractivity (Wildman–Crippen MR) is 108 cm³/mol. The molecule has 0 aromatic heterocycles. The highest BCUT2D eigenvalue weighted by Gasteiger charge is 2.19. The Labute approximate surface area is 165 Å². The first-order chi connectivity index (χ1) is 13.2. The largest absolute Gasteiger partial charge is 0.497 e. The number of hydrogen-bond acceptors (Lipinski definition) is 4. The molecule has 1 heterocycles. The van der Waals surface area contributed by atoms with Gasteiger partial charge in [0.25, 0.3) is 0 Å². The molecule has 0 bridgehead atoms. The Bertz CT molecular complexity index is 751. The van der Waals surface area contributed by atoms with Crippen LogP contribution >= 0.6 is 11.6 Å². The van der Waals surface area contributed by atoms with Gasteiger partial charge in [0.05, 0.1) is 20.1 Å². The third kappa shape index (κ3) is 5.54. The summed E-state index contributed by atoms with van der Waals surface area (Å²) in [5.41, 5.74) is 1.16. The van der Waals surface area contributed by atoms with Gasteiger partial charge in [0, 0.05) is 36.9 Å². The zero-order valence-corrected chi connectivity index (χ0v) is 16.3. The van der Waals surface area contributed by atoms with Crippen molar-refractivity contribution in [3.8, 4) is 11.5 Å².